The molecule has 3 rings (SSSR count). The van der Waals surface area contributed by atoms with Crippen molar-refractivity contribution in [2.45, 2.75) is 32.8 Å². The van der Waals surface area contributed by atoms with Crippen LogP contribution in [0.4, 0.5) is 17.2 Å². The van der Waals surface area contributed by atoms with Gasteiger partial charge in [0, 0.05) is 23.0 Å². The van der Waals surface area contributed by atoms with Gasteiger partial charge in [0.15, 0.2) is 11.8 Å². The number of aromatic nitrogens is 1. The number of nitrogens with two attached hydrogens (primary N) is 2. The molecule has 1 unspecified atom stereocenters. The predicted molar refractivity (Wildman–Crippen MR) is 137 cm³/mol. The van der Waals surface area contributed by atoms with Gasteiger partial charge in [-0.25, -0.2) is 4.98 Å². The second kappa shape index (κ2) is 10.9. The average molecular weight is 479 g/mol. The molecule has 0 radical (unpaired) electrons. The fourth-order valence-corrected chi connectivity index (χ4v) is 3.13. The van der Waals surface area contributed by atoms with Crippen molar-refractivity contribution in [1.29, 1.82) is 0 Å². The molecular weight excluding hydrogens is 448 g/mol. The highest BCUT2D eigenvalue weighted by Gasteiger charge is 2.16. The number of ether oxygens (including phenoxy) is 2. The Hall–Kier alpha value is -4.15. The fraction of sp³-hybridized carbons (Fsp3) is 0.240. The fourth-order valence-electron chi connectivity index (χ4n) is 3.13. The standard InChI is InChI=1S/C25H30N6O4/c1-25(2,3)35-24(33)29-18-9-5-15(6-10-18)17-8-12-21(28-14-17)31-23(27)30-19-11-7-16(22(26)32)13-20(19)34-4/h5-14,24,29,33H,1-4H3,(H2,26,32)(H3,27,28,30,31). The monoisotopic (exact) mass is 478 g/mol. The lowest BCUT2D eigenvalue weighted by molar-refractivity contribution is -0.148. The van der Waals surface area contributed by atoms with Gasteiger partial charge in [-0.1, -0.05) is 12.1 Å². The number of methoxy groups -OCH3 is 1. The van der Waals surface area contributed by atoms with E-state index in [-0.39, 0.29) is 5.96 Å². The minimum Gasteiger partial charge on any atom is -0.495 e. The zero-order chi connectivity index (χ0) is 25.6. The molecule has 184 valence electrons. The van der Waals surface area contributed by atoms with E-state index in [2.05, 4.69) is 20.6 Å². The summed E-state index contributed by atoms with van der Waals surface area (Å²) in [5, 5.41) is 15.8. The van der Waals surface area contributed by atoms with Gasteiger partial charge in [-0.15, -0.1) is 0 Å². The van der Waals surface area contributed by atoms with Crippen molar-refractivity contribution in [3.8, 4) is 16.9 Å². The minimum absolute atomic E-state index is 0.0989. The number of carbonyl (C=O) groups excluding carboxylic acids is 1. The van der Waals surface area contributed by atoms with Crippen LogP contribution in [0.2, 0.25) is 0 Å². The maximum Gasteiger partial charge on any atom is 0.248 e. The topological polar surface area (TPSA) is 157 Å². The van der Waals surface area contributed by atoms with Crippen LogP contribution in [0, 0.1) is 0 Å². The number of hydrogen-bond donors (Lipinski definition) is 5. The van der Waals surface area contributed by atoms with Crippen LogP contribution in [0.1, 0.15) is 31.1 Å². The molecule has 0 saturated heterocycles. The number of rotatable bonds is 8. The van der Waals surface area contributed by atoms with Gasteiger partial charge in [0.2, 0.25) is 12.3 Å². The summed E-state index contributed by atoms with van der Waals surface area (Å²) in [6.07, 6.45) is 0.578. The molecule has 10 heteroatoms. The third-order valence-corrected chi connectivity index (χ3v) is 4.71. The Morgan fingerprint density at radius 2 is 1.74 bits per heavy atom. The van der Waals surface area contributed by atoms with Crippen molar-refractivity contribution < 1.29 is 19.4 Å². The van der Waals surface area contributed by atoms with Crippen LogP contribution in [-0.4, -0.2) is 41.1 Å². The number of aliphatic hydroxyl groups excluding tert-OH is 1. The first-order chi connectivity index (χ1) is 16.5. The average Bonchev–Trinajstić information content (AvgIpc) is 2.79. The number of carbonyl (C=O) groups is 1. The van der Waals surface area contributed by atoms with Crippen LogP contribution in [0.25, 0.3) is 11.1 Å². The van der Waals surface area contributed by atoms with Crippen molar-refractivity contribution in [2.24, 2.45) is 16.5 Å². The van der Waals surface area contributed by atoms with E-state index in [1.807, 2.05) is 51.1 Å². The lowest BCUT2D eigenvalue weighted by Gasteiger charge is -2.24. The molecule has 7 N–H and O–H groups in total. The maximum atomic E-state index is 11.3. The summed E-state index contributed by atoms with van der Waals surface area (Å²) < 4.78 is 10.7. The lowest BCUT2D eigenvalue weighted by Crippen LogP contribution is -2.32. The Bertz CT molecular complexity index is 1190. The summed E-state index contributed by atoms with van der Waals surface area (Å²) in [7, 11) is 1.48. The number of guanidine groups is 1. The van der Waals surface area contributed by atoms with Crippen molar-refractivity contribution in [1.82, 2.24) is 4.98 Å². The zero-order valence-corrected chi connectivity index (χ0v) is 20.1. The van der Waals surface area contributed by atoms with E-state index in [0.717, 1.165) is 16.8 Å². The number of pyridine rings is 1. The van der Waals surface area contributed by atoms with E-state index in [1.165, 1.54) is 13.2 Å². The van der Waals surface area contributed by atoms with E-state index in [0.29, 0.717) is 22.8 Å². The normalized spacial score (nSPS) is 12.7. The second-order valence-electron chi connectivity index (χ2n) is 8.61. The number of nitrogens with one attached hydrogen (secondary N) is 2. The predicted octanol–water partition coefficient (Wildman–Crippen LogP) is 3.42. The molecule has 0 aliphatic carbocycles. The van der Waals surface area contributed by atoms with Crippen LogP contribution in [0.3, 0.4) is 0 Å². The van der Waals surface area contributed by atoms with Gasteiger partial charge < -0.3 is 36.7 Å². The Kier molecular flexibility index (Phi) is 7.90. The summed E-state index contributed by atoms with van der Waals surface area (Å²) in [4.78, 5) is 20.0. The zero-order valence-electron chi connectivity index (χ0n) is 20.1. The van der Waals surface area contributed by atoms with E-state index in [4.69, 9.17) is 20.9 Å². The summed E-state index contributed by atoms with van der Waals surface area (Å²) in [6, 6.07) is 15.8. The van der Waals surface area contributed by atoms with E-state index >= 15 is 0 Å². The van der Waals surface area contributed by atoms with Crippen LogP contribution >= 0.6 is 0 Å². The third kappa shape index (κ3) is 7.42. The van der Waals surface area contributed by atoms with Crippen molar-refractivity contribution in [2.75, 3.05) is 17.7 Å². The molecule has 1 heterocycles. The van der Waals surface area contributed by atoms with Gasteiger partial charge in [0.05, 0.1) is 18.4 Å². The van der Waals surface area contributed by atoms with Gasteiger partial charge in [0.25, 0.3) is 0 Å². The number of anilines is 2. The number of amides is 1. The molecule has 35 heavy (non-hydrogen) atoms. The number of hydrogen-bond acceptors (Lipinski definition) is 7. The smallest absolute Gasteiger partial charge is 0.248 e. The number of benzene rings is 2. The molecule has 10 nitrogen and oxygen atoms in total. The molecule has 0 aliphatic rings. The van der Waals surface area contributed by atoms with Gasteiger partial charge >= 0.3 is 0 Å². The summed E-state index contributed by atoms with van der Waals surface area (Å²) in [5.41, 5.74) is 14.2. The molecule has 0 spiro atoms. The first-order valence-corrected chi connectivity index (χ1v) is 10.8. The van der Waals surface area contributed by atoms with Gasteiger partial charge in [-0.3, -0.25) is 4.79 Å². The summed E-state index contributed by atoms with van der Waals surface area (Å²) in [6.45, 7) is 5.60. The summed E-state index contributed by atoms with van der Waals surface area (Å²) >= 11 is 0. The van der Waals surface area contributed by atoms with Crippen LogP contribution < -0.4 is 26.8 Å². The Morgan fingerprint density at radius 1 is 1.06 bits per heavy atom. The maximum absolute atomic E-state index is 11.3. The molecule has 1 amide bonds. The quantitative estimate of drug-likeness (QED) is 0.187. The third-order valence-electron chi connectivity index (χ3n) is 4.71. The molecule has 0 fully saturated rings. The van der Waals surface area contributed by atoms with Gasteiger partial charge in [0.1, 0.15) is 5.75 Å². The lowest BCUT2D eigenvalue weighted by atomic mass is 10.1. The molecule has 1 atom stereocenters. The highest BCUT2D eigenvalue weighted by Crippen LogP contribution is 2.26. The molecule has 0 bridgehead atoms. The SMILES string of the molecule is COc1cc(C(N)=O)ccc1NC(N)=Nc1ccc(-c2ccc(NC(O)OC(C)(C)C)cc2)cn1. The Balaban J connectivity index is 1.66. The van der Waals surface area contributed by atoms with Crippen LogP contribution in [0.5, 0.6) is 5.75 Å². The number of aliphatic imine (C=N–C) groups is 1. The molecule has 0 saturated carbocycles. The number of nitrogens with zero attached hydrogens (tertiary/aromatic N) is 2. The second-order valence-corrected chi connectivity index (χ2v) is 8.61. The Labute approximate surface area is 204 Å². The highest BCUT2D eigenvalue weighted by atomic mass is 16.6. The van der Waals surface area contributed by atoms with E-state index in [1.54, 1.807) is 24.4 Å². The molecular formula is C25H30N6O4. The largest absolute Gasteiger partial charge is 0.495 e. The van der Waals surface area contributed by atoms with Crippen molar-refractivity contribution >= 4 is 29.1 Å². The first-order valence-electron chi connectivity index (χ1n) is 10.8. The minimum atomic E-state index is -1.11. The Morgan fingerprint density at radius 3 is 2.31 bits per heavy atom. The highest BCUT2D eigenvalue weighted by molar-refractivity contribution is 5.97. The molecule has 2 aromatic carbocycles. The molecule has 0 aliphatic heterocycles. The van der Waals surface area contributed by atoms with Crippen LogP contribution in [0.15, 0.2) is 65.8 Å². The molecule has 3 aromatic rings. The van der Waals surface area contributed by atoms with E-state index < -0.39 is 17.9 Å². The van der Waals surface area contributed by atoms with Crippen molar-refractivity contribution in [3.05, 3.63) is 66.4 Å². The first kappa shape index (κ1) is 25.5. The molecule has 1 aromatic heterocycles. The van der Waals surface area contributed by atoms with Gasteiger partial charge in [-0.2, -0.15) is 4.99 Å². The van der Waals surface area contributed by atoms with Crippen molar-refractivity contribution in [3.63, 3.8) is 0 Å². The summed E-state index contributed by atoms with van der Waals surface area (Å²) in [5.74, 6) is 0.353. The number of primary amides is 1. The number of aliphatic hydroxyl groups is 1. The van der Waals surface area contributed by atoms with Crippen LogP contribution in [-0.2, 0) is 4.74 Å². The van der Waals surface area contributed by atoms with Gasteiger partial charge in [-0.05, 0) is 68.8 Å². The van der Waals surface area contributed by atoms with E-state index in [9.17, 15) is 9.90 Å².